The van der Waals surface area contributed by atoms with Crippen molar-refractivity contribution in [3.63, 3.8) is 0 Å². The molecule has 0 bridgehead atoms. The zero-order chi connectivity index (χ0) is 39.0. The molecule has 1 fully saturated rings. The van der Waals surface area contributed by atoms with Crippen LogP contribution in [-0.4, -0.2) is 43.2 Å². The molecule has 10 nitrogen and oxygen atoms in total. The van der Waals surface area contributed by atoms with Crippen LogP contribution in [0.4, 0.5) is 11.4 Å². The van der Waals surface area contributed by atoms with Crippen molar-refractivity contribution in [2.45, 2.75) is 68.1 Å². The van der Waals surface area contributed by atoms with Crippen LogP contribution < -0.4 is 15.4 Å². The monoisotopic (exact) mass is 779 g/mol. The summed E-state index contributed by atoms with van der Waals surface area (Å²) in [5.74, 6) is -0.0842. The molecule has 0 saturated carbocycles. The molecule has 2 amide bonds. The maximum atomic E-state index is 13.9. The number of ether oxygens (including phenoxy) is 2. The Bertz CT molecular complexity index is 2170. The molecule has 5 unspecified atom stereocenters. The molecule has 0 spiro atoms. The molecular formula is C43H45N3O7S2. The van der Waals surface area contributed by atoms with Gasteiger partial charge in [-0.15, -0.1) is 11.8 Å². The maximum Gasteiger partial charge on any atom is 0.242 e. The topological polar surface area (TPSA) is 143 Å². The highest BCUT2D eigenvalue weighted by atomic mass is 32.2. The molecule has 1 aliphatic rings. The Hall–Kier alpha value is -4.82. The third-order valence-electron chi connectivity index (χ3n) is 9.37. The number of rotatable bonds is 14. The zero-order valence-electron chi connectivity index (χ0n) is 30.8. The summed E-state index contributed by atoms with van der Waals surface area (Å²) in [5, 5.41) is 15.4. The number of anilines is 2. The van der Waals surface area contributed by atoms with Crippen LogP contribution in [0.5, 0.6) is 0 Å². The normalized spacial score (nSPS) is 19.0. The van der Waals surface area contributed by atoms with E-state index in [9.17, 15) is 23.1 Å². The van der Waals surface area contributed by atoms with Crippen molar-refractivity contribution >= 4 is 45.0 Å². The third-order valence-corrected chi connectivity index (χ3v) is 12.0. The predicted molar refractivity (Wildman–Crippen MR) is 215 cm³/mol. The highest BCUT2D eigenvalue weighted by Gasteiger charge is 2.38. The van der Waals surface area contributed by atoms with Gasteiger partial charge in [0.15, 0.2) is 6.29 Å². The number of amides is 2. The standard InChI is InChI=1S/C43H45N3O7S2/c1-28-12-22-38(23-13-28)55(50,51)46-39(24-31-8-5-4-6-9-31)42(49)45-36-11-7-10-34(25-36)43-52-40(27-54-37-20-18-35(19-21-37)44-30(3)48)29(2)41(53-43)33-16-14-32(26-47)15-17-33/h4-23,25,29,39-41,43,46-47H,24,26-27H2,1-3H3,(H,44,48)(H,45,49). The van der Waals surface area contributed by atoms with Crippen molar-refractivity contribution in [3.8, 4) is 0 Å². The summed E-state index contributed by atoms with van der Waals surface area (Å²) in [6, 6.07) is 37.1. The average molecular weight is 780 g/mol. The lowest BCUT2D eigenvalue weighted by atomic mass is 9.91. The van der Waals surface area contributed by atoms with Crippen LogP contribution in [0.25, 0.3) is 0 Å². The van der Waals surface area contributed by atoms with Gasteiger partial charge in [-0.2, -0.15) is 4.72 Å². The molecule has 6 rings (SSSR count). The van der Waals surface area contributed by atoms with Crippen LogP contribution in [-0.2, 0) is 42.1 Å². The minimum Gasteiger partial charge on any atom is -0.392 e. The summed E-state index contributed by atoms with van der Waals surface area (Å²) in [4.78, 5) is 26.5. The number of carbonyl (C=O) groups excluding carboxylic acids is 2. The fourth-order valence-corrected chi connectivity index (χ4v) is 8.59. The zero-order valence-corrected chi connectivity index (χ0v) is 32.5. The summed E-state index contributed by atoms with van der Waals surface area (Å²) >= 11 is 1.64. The van der Waals surface area contributed by atoms with Crippen molar-refractivity contribution in [2.24, 2.45) is 5.92 Å². The number of benzene rings is 5. The van der Waals surface area contributed by atoms with E-state index in [0.29, 0.717) is 17.0 Å². The first-order valence-corrected chi connectivity index (χ1v) is 20.5. The van der Waals surface area contributed by atoms with Crippen molar-refractivity contribution in [1.29, 1.82) is 0 Å². The van der Waals surface area contributed by atoms with Gasteiger partial charge in [0.2, 0.25) is 21.8 Å². The van der Waals surface area contributed by atoms with Crippen LogP contribution in [0.3, 0.4) is 0 Å². The molecule has 1 aliphatic heterocycles. The molecular weight excluding hydrogens is 735 g/mol. The van der Waals surface area contributed by atoms with Gasteiger partial charge in [-0.3, -0.25) is 9.59 Å². The van der Waals surface area contributed by atoms with E-state index in [1.54, 1.807) is 42.1 Å². The van der Waals surface area contributed by atoms with Crippen molar-refractivity contribution < 1.29 is 32.6 Å². The second-order valence-corrected chi connectivity index (χ2v) is 16.4. The minimum absolute atomic E-state index is 0.0504. The number of hydrogen-bond donors (Lipinski definition) is 4. The van der Waals surface area contributed by atoms with Crippen LogP contribution in [0.15, 0.2) is 137 Å². The van der Waals surface area contributed by atoms with E-state index < -0.39 is 28.3 Å². The number of nitrogens with one attached hydrogen (secondary N) is 3. The van der Waals surface area contributed by atoms with Gasteiger partial charge in [-0.1, -0.05) is 91.3 Å². The Morgan fingerprint density at radius 2 is 1.49 bits per heavy atom. The Kier molecular flexibility index (Phi) is 13.2. The summed E-state index contributed by atoms with van der Waals surface area (Å²) in [6.45, 7) is 5.37. The molecule has 5 aromatic carbocycles. The molecule has 0 radical (unpaired) electrons. The first kappa shape index (κ1) is 39.9. The summed E-state index contributed by atoms with van der Waals surface area (Å²) in [6.07, 6.45) is -1.24. The lowest BCUT2D eigenvalue weighted by molar-refractivity contribution is -0.268. The lowest BCUT2D eigenvalue weighted by Gasteiger charge is -2.41. The Morgan fingerprint density at radius 1 is 0.782 bits per heavy atom. The van der Waals surface area contributed by atoms with Gasteiger partial charge in [-0.25, -0.2) is 8.42 Å². The molecule has 4 N–H and O–H groups in total. The SMILES string of the molecule is CC(=O)Nc1ccc(SCC2OC(c3cccc(NC(=O)C(Cc4ccccc4)NS(=O)(=O)c4ccc(C)cc4)c3)OC(c3ccc(CO)cc3)C2C)cc1. The largest absolute Gasteiger partial charge is 0.392 e. The highest BCUT2D eigenvalue weighted by molar-refractivity contribution is 7.99. The number of hydrogen-bond acceptors (Lipinski definition) is 8. The van der Waals surface area contributed by atoms with E-state index in [4.69, 9.17) is 9.47 Å². The Balaban J connectivity index is 1.22. The third kappa shape index (κ3) is 10.7. The molecule has 12 heteroatoms. The van der Waals surface area contributed by atoms with Crippen molar-refractivity contribution in [1.82, 2.24) is 4.72 Å². The molecule has 55 heavy (non-hydrogen) atoms. The van der Waals surface area contributed by atoms with Crippen molar-refractivity contribution in [3.05, 3.63) is 155 Å². The Labute approximate surface area is 326 Å². The van der Waals surface area contributed by atoms with Crippen molar-refractivity contribution in [2.75, 3.05) is 16.4 Å². The fraction of sp³-hybridized carbons (Fsp3) is 0.256. The highest BCUT2D eigenvalue weighted by Crippen LogP contribution is 2.43. The number of aliphatic hydroxyl groups excluding tert-OH is 1. The van der Waals surface area contributed by atoms with Gasteiger partial charge in [0.25, 0.3) is 0 Å². The lowest BCUT2D eigenvalue weighted by Crippen LogP contribution is -2.45. The molecule has 1 heterocycles. The second kappa shape index (κ2) is 18.2. The van der Waals surface area contributed by atoms with Gasteiger partial charge in [0.1, 0.15) is 6.04 Å². The Morgan fingerprint density at radius 3 is 2.16 bits per heavy atom. The first-order chi connectivity index (χ1) is 26.5. The summed E-state index contributed by atoms with van der Waals surface area (Å²) < 4.78 is 42.8. The number of aliphatic hydroxyl groups is 1. The van der Waals surface area contributed by atoms with E-state index >= 15 is 0 Å². The predicted octanol–water partition coefficient (Wildman–Crippen LogP) is 7.56. The summed E-state index contributed by atoms with van der Waals surface area (Å²) in [5.41, 5.74) is 5.31. The van der Waals surface area contributed by atoms with E-state index in [-0.39, 0.29) is 42.0 Å². The minimum atomic E-state index is -4.02. The van der Waals surface area contributed by atoms with Gasteiger partial charge >= 0.3 is 0 Å². The number of thioether (sulfide) groups is 1. The van der Waals surface area contributed by atoms with Gasteiger partial charge < -0.3 is 25.2 Å². The van der Waals surface area contributed by atoms with Crippen LogP contribution in [0.1, 0.15) is 54.1 Å². The second-order valence-electron chi connectivity index (χ2n) is 13.6. The fourth-order valence-electron chi connectivity index (χ4n) is 6.33. The number of sulfonamides is 1. The molecule has 1 saturated heterocycles. The van der Waals surface area contributed by atoms with E-state index in [2.05, 4.69) is 22.3 Å². The number of carbonyl (C=O) groups is 2. The molecule has 0 aliphatic carbocycles. The van der Waals surface area contributed by atoms with E-state index in [1.807, 2.05) is 91.9 Å². The quantitative estimate of drug-likeness (QED) is 0.0847. The van der Waals surface area contributed by atoms with Gasteiger partial charge in [0.05, 0.1) is 23.7 Å². The van der Waals surface area contributed by atoms with Gasteiger partial charge in [-0.05, 0) is 78.6 Å². The maximum absolute atomic E-state index is 13.9. The first-order valence-electron chi connectivity index (χ1n) is 18.0. The van der Waals surface area contributed by atoms with Crippen LogP contribution in [0.2, 0.25) is 0 Å². The average Bonchev–Trinajstić information content (AvgIpc) is 3.18. The molecule has 5 aromatic rings. The van der Waals surface area contributed by atoms with Crippen LogP contribution >= 0.6 is 11.8 Å². The molecule has 5 atom stereocenters. The smallest absolute Gasteiger partial charge is 0.242 e. The van der Waals surface area contributed by atoms with E-state index in [0.717, 1.165) is 32.8 Å². The number of aryl methyl sites for hydroxylation is 1. The van der Waals surface area contributed by atoms with Gasteiger partial charge in [0, 0.05) is 40.4 Å². The molecule has 0 aromatic heterocycles. The van der Waals surface area contributed by atoms with E-state index in [1.165, 1.54) is 19.1 Å². The molecule has 286 valence electrons. The summed E-state index contributed by atoms with van der Waals surface area (Å²) in [7, 11) is -4.02. The van der Waals surface area contributed by atoms with Crippen LogP contribution in [0, 0.1) is 12.8 Å².